The monoisotopic (exact) mass is 634 g/mol. The predicted molar refractivity (Wildman–Crippen MR) is 156 cm³/mol. The SMILES string of the molecule is CCOC(=O)C1CC2(CCN(c3cc(O[C@H](c4ccc(-c5ccc(S(N)(=O)=O)cc5)cc4)C(F)(F)F)nc(N)n3)CC2)CN1. The fourth-order valence-corrected chi connectivity index (χ4v) is 6.22. The third-order valence-corrected chi connectivity index (χ3v) is 8.98. The van der Waals surface area contributed by atoms with Gasteiger partial charge in [-0.3, -0.25) is 4.79 Å². The van der Waals surface area contributed by atoms with Crippen LogP contribution in [0.25, 0.3) is 11.1 Å². The summed E-state index contributed by atoms with van der Waals surface area (Å²) in [5.74, 6) is -0.441. The van der Waals surface area contributed by atoms with E-state index in [9.17, 15) is 26.4 Å². The van der Waals surface area contributed by atoms with E-state index in [1.807, 2.05) is 4.90 Å². The van der Waals surface area contributed by atoms with E-state index in [2.05, 4.69) is 15.3 Å². The number of benzene rings is 2. The number of nitrogens with zero attached hydrogens (tertiary/aromatic N) is 3. The number of esters is 1. The Labute approximate surface area is 252 Å². The summed E-state index contributed by atoms with van der Waals surface area (Å²) in [5, 5.41) is 8.38. The van der Waals surface area contributed by atoms with E-state index in [4.69, 9.17) is 20.3 Å². The highest BCUT2D eigenvalue weighted by Crippen LogP contribution is 2.42. The van der Waals surface area contributed by atoms with Crippen molar-refractivity contribution in [3.63, 3.8) is 0 Å². The van der Waals surface area contributed by atoms with Crippen molar-refractivity contribution in [3.8, 4) is 17.0 Å². The number of rotatable bonds is 8. The van der Waals surface area contributed by atoms with Gasteiger partial charge in [0, 0.05) is 31.3 Å². The lowest BCUT2D eigenvalue weighted by Gasteiger charge is -2.39. The topological polar surface area (TPSA) is 163 Å². The number of anilines is 2. The second-order valence-corrected chi connectivity index (χ2v) is 12.6. The molecule has 15 heteroatoms. The zero-order valence-corrected chi connectivity index (χ0v) is 24.7. The maximum atomic E-state index is 14.2. The van der Waals surface area contributed by atoms with Crippen LogP contribution in [0.2, 0.25) is 0 Å². The van der Waals surface area contributed by atoms with Crippen LogP contribution < -0.4 is 25.8 Å². The number of sulfonamides is 1. The number of alkyl halides is 3. The van der Waals surface area contributed by atoms with Gasteiger partial charge < -0.3 is 25.4 Å². The van der Waals surface area contributed by atoms with E-state index in [0.717, 1.165) is 12.8 Å². The number of hydrogen-bond acceptors (Lipinski definition) is 10. The van der Waals surface area contributed by atoms with Crippen LogP contribution in [0.5, 0.6) is 5.88 Å². The van der Waals surface area contributed by atoms with Gasteiger partial charge in [-0.05, 0) is 54.9 Å². The minimum Gasteiger partial charge on any atom is -0.465 e. The maximum absolute atomic E-state index is 14.2. The molecule has 2 saturated heterocycles. The molecule has 1 aromatic heterocycles. The summed E-state index contributed by atoms with van der Waals surface area (Å²) in [6, 6.07) is 12.2. The van der Waals surface area contributed by atoms with Crippen LogP contribution in [0.4, 0.5) is 24.9 Å². The lowest BCUT2D eigenvalue weighted by atomic mass is 9.76. The van der Waals surface area contributed by atoms with Crippen molar-refractivity contribution >= 4 is 27.8 Å². The van der Waals surface area contributed by atoms with Crippen LogP contribution in [0.3, 0.4) is 0 Å². The van der Waals surface area contributed by atoms with Gasteiger partial charge in [-0.15, -0.1) is 0 Å². The normalized spacial score (nSPS) is 19.1. The van der Waals surface area contributed by atoms with E-state index < -0.39 is 22.3 Å². The Bertz CT molecular complexity index is 1600. The average Bonchev–Trinajstić information content (AvgIpc) is 3.39. The number of ether oxygens (including phenoxy) is 2. The van der Waals surface area contributed by atoms with Crippen molar-refractivity contribution in [1.29, 1.82) is 0 Å². The smallest absolute Gasteiger partial charge is 0.429 e. The number of nitrogen functional groups attached to an aromatic ring is 1. The second-order valence-electron chi connectivity index (χ2n) is 11.0. The summed E-state index contributed by atoms with van der Waals surface area (Å²) in [6.45, 7) is 3.89. The summed E-state index contributed by atoms with van der Waals surface area (Å²) in [6.07, 6.45) is -4.96. The van der Waals surface area contributed by atoms with E-state index >= 15 is 0 Å². The number of halogens is 3. The Morgan fingerprint density at radius 2 is 1.70 bits per heavy atom. The van der Waals surface area contributed by atoms with E-state index in [1.165, 1.54) is 54.6 Å². The number of hydrogen-bond donors (Lipinski definition) is 3. The highest BCUT2D eigenvalue weighted by Gasteiger charge is 2.45. The number of nitrogens with two attached hydrogens (primary N) is 2. The van der Waals surface area contributed by atoms with Gasteiger partial charge in [0.05, 0.1) is 11.5 Å². The second kappa shape index (κ2) is 12.2. The van der Waals surface area contributed by atoms with Gasteiger partial charge in [0.15, 0.2) is 0 Å². The minimum atomic E-state index is -4.78. The first kappa shape index (κ1) is 31.5. The molecular weight excluding hydrogens is 601 g/mol. The van der Waals surface area contributed by atoms with Gasteiger partial charge in [0.1, 0.15) is 11.9 Å². The Morgan fingerprint density at radius 1 is 1.09 bits per heavy atom. The van der Waals surface area contributed by atoms with Gasteiger partial charge in [-0.2, -0.15) is 23.1 Å². The first-order chi connectivity index (χ1) is 20.8. The Hall–Kier alpha value is -3.95. The molecule has 0 amide bonds. The van der Waals surface area contributed by atoms with E-state index in [-0.39, 0.29) is 39.7 Å². The van der Waals surface area contributed by atoms with Crippen LogP contribution >= 0.6 is 0 Å². The molecule has 5 N–H and O–H groups in total. The Morgan fingerprint density at radius 3 is 2.27 bits per heavy atom. The highest BCUT2D eigenvalue weighted by molar-refractivity contribution is 7.89. The molecule has 2 aromatic carbocycles. The summed E-state index contributed by atoms with van der Waals surface area (Å²) >= 11 is 0. The number of aromatic nitrogens is 2. The number of piperidine rings is 1. The summed E-state index contributed by atoms with van der Waals surface area (Å²) in [4.78, 5) is 22.2. The first-order valence-electron chi connectivity index (χ1n) is 14.0. The minimum absolute atomic E-state index is 0.0749. The van der Waals surface area contributed by atoms with Crippen molar-refractivity contribution in [2.24, 2.45) is 10.6 Å². The summed E-state index contributed by atoms with van der Waals surface area (Å²) in [5.41, 5.74) is 6.81. The number of primary sulfonamides is 1. The van der Waals surface area contributed by atoms with Gasteiger partial charge in [0.25, 0.3) is 0 Å². The lowest BCUT2D eigenvalue weighted by Crippen LogP contribution is -2.41. The van der Waals surface area contributed by atoms with Crippen molar-refractivity contribution in [1.82, 2.24) is 15.3 Å². The van der Waals surface area contributed by atoms with Crippen LogP contribution in [0, 0.1) is 5.41 Å². The molecule has 11 nitrogen and oxygen atoms in total. The van der Waals surface area contributed by atoms with Crippen molar-refractivity contribution in [3.05, 3.63) is 60.2 Å². The Balaban J connectivity index is 1.29. The summed E-state index contributed by atoms with van der Waals surface area (Å²) < 4.78 is 76.2. The van der Waals surface area contributed by atoms with Gasteiger partial charge in [0.2, 0.25) is 28.0 Å². The van der Waals surface area contributed by atoms with Crippen LogP contribution in [-0.4, -0.2) is 62.8 Å². The van der Waals surface area contributed by atoms with Crippen LogP contribution in [0.15, 0.2) is 59.5 Å². The van der Waals surface area contributed by atoms with Crippen LogP contribution in [-0.2, 0) is 19.6 Å². The highest BCUT2D eigenvalue weighted by atomic mass is 32.2. The number of carbonyl (C=O) groups is 1. The van der Waals surface area contributed by atoms with Gasteiger partial charge in [-0.1, -0.05) is 36.4 Å². The predicted octanol–water partition coefficient (Wildman–Crippen LogP) is 3.57. The molecule has 44 heavy (non-hydrogen) atoms. The number of carbonyl (C=O) groups excluding carboxylic acids is 1. The van der Waals surface area contributed by atoms with Gasteiger partial charge >= 0.3 is 12.1 Å². The molecule has 2 aliphatic rings. The quantitative estimate of drug-likeness (QED) is 0.312. The summed E-state index contributed by atoms with van der Waals surface area (Å²) in [7, 11) is -3.87. The zero-order chi connectivity index (χ0) is 31.7. The average molecular weight is 635 g/mol. The Kier molecular flexibility index (Phi) is 8.73. The van der Waals surface area contributed by atoms with Crippen molar-refractivity contribution in [2.75, 3.05) is 36.9 Å². The van der Waals surface area contributed by atoms with Crippen LogP contribution in [0.1, 0.15) is 37.9 Å². The fraction of sp³-hybridized carbons (Fsp3) is 0.414. The van der Waals surface area contributed by atoms with Gasteiger partial charge in [-0.25, -0.2) is 13.6 Å². The van der Waals surface area contributed by atoms with Crippen molar-refractivity contribution in [2.45, 2.75) is 49.4 Å². The largest absolute Gasteiger partial charge is 0.465 e. The molecule has 3 aromatic rings. The molecule has 1 spiro atoms. The fourth-order valence-electron chi connectivity index (χ4n) is 5.70. The molecular formula is C29H33F3N6O5S. The van der Waals surface area contributed by atoms with E-state index in [0.29, 0.717) is 49.6 Å². The molecule has 3 heterocycles. The molecule has 0 bridgehead atoms. The lowest BCUT2D eigenvalue weighted by molar-refractivity contribution is -0.198. The molecule has 2 fully saturated rings. The maximum Gasteiger partial charge on any atom is 0.429 e. The standard InChI is InChI=1S/C29H33F3N6O5S/c1-2-42-26(39)22-16-28(17-35-22)11-13-38(14-12-28)23-15-24(37-27(33)36-23)43-25(29(30,31)32)20-5-3-18(4-6-20)19-7-9-21(10-8-19)44(34,40)41/h3-10,15,22,25,35H,2,11-14,16-17H2,1H3,(H2,33,36,37)(H2,34,40,41)/t22?,25-/m1/s1. The molecule has 2 aliphatic heterocycles. The van der Waals surface area contributed by atoms with E-state index in [1.54, 1.807) is 6.92 Å². The molecule has 0 radical (unpaired) electrons. The molecule has 0 saturated carbocycles. The molecule has 1 unspecified atom stereocenters. The third kappa shape index (κ3) is 7.05. The molecule has 0 aliphatic carbocycles. The molecule has 236 valence electrons. The molecule has 2 atom stereocenters. The van der Waals surface area contributed by atoms with Crippen molar-refractivity contribution < 1.29 is 35.9 Å². The third-order valence-electron chi connectivity index (χ3n) is 8.05. The zero-order valence-electron chi connectivity index (χ0n) is 23.9. The number of nitrogens with one attached hydrogen (secondary N) is 1. The first-order valence-corrected chi connectivity index (χ1v) is 15.6. The molecule has 5 rings (SSSR count).